The minimum Gasteiger partial charge on any atom is -0.444 e. The molecule has 1 aliphatic heterocycles. The zero-order chi connectivity index (χ0) is 14.0. The van der Waals surface area contributed by atoms with E-state index >= 15 is 0 Å². The smallest absolute Gasteiger partial charge is 0.408 e. The maximum absolute atomic E-state index is 11.8. The summed E-state index contributed by atoms with van der Waals surface area (Å²) in [5.74, 6) is 0.00135. The molecule has 1 fully saturated rings. The molecule has 0 aromatic rings. The molecule has 1 aliphatic rings. The van der Waals surface area contributed by atoms with Crippen LogP contribution in [0.2, 0.25) is 0 Å². The average Bonchev–Trinajstić information content (AvgIpc) is 2.18. The van der Waals surface area contributed by atoms with E-state index in [-0.39, 0.29) is 5.84 Å². The van der Waals surface area contributed by atoms with Crippen LogP contribution in [0.25, 0.3) is 0 Å². The van der Waals surface area contributed by atoms with Crippen LogP contribution in [0.5, 0.6) is 0 Å². The molecule has 0 unspecified atom stereocenters. The number of rotatable bonds is 2. The summed E-state index contributed by atoms with van der Waals surface area (Å²) in [4.78, 5) is 14.0. The van der Waals surface area contributed by atoms with E-state index in [1.54, 1.807) is 0 Å². The molecule has 18 heavy (non-hydrogen) atoms. The fraction of sp³-hybridized carbons (Fsp3) is 0.833. The second-order valence-electron chi connectivity index (χ2n) is 5.93. The molecule has 0 aliphatic carbocycles. The van der Waals surface area contributed by atoms with Crippen LogP contribution in [0.15, 0.2) is 0 Å². The molecule has 1 rings (SSSR count). The van der Waals surface area contributed by atoms with Crippen molar-refractivity contribution in [3.05, 3.63) is 0 Å². The van der Waals surface area contributed by atoms with E-state index in [2.05, 4.69) is 10.2 Å². The van der Waals surface area contributed by atoms with Gasteiger partial charge in [-0.2, -0.15) is 0 Å². The molecule has 104 valence electrons. The third-order valence-corrected chi connectivity index (χ3v) is 3.10. The Morgan fingerprint density at radius 1 is 1.39 bits per heavy atom. The number of amides is 1. The monoisotopic (exact) mass is 256 g/mol. The first-order chi connectivity index (χ1) is 8.15. The molecular weight excluding hydrogens is 232 g/mol. The Bertz CT molecular complexity index is 327. The number of amidine groups is 1. The van der Waals surface area contributed by atoms with Crippen molar-refractivity contribution in [3.63, 3.8) is 0 Å². The first-order valence-electron chi connectivity index (χ1n) is 6.19. The quantitative estimate of drug-likeness (QED) is 0.506. The van der Waals surface area contributed by atoms with Crippen LogP contribution >= 0.6 is 0 Å². The second kappa shape index (κ2) is 5.14. The first-order valence-corrected chi connectivity index (χ1v) is 6.19. The summed E-state index contributed by atoms with van der Waals surface area (Å²) in [6, 6.07) is 0. The number of nitrogens with one attached hydrogen (secondary N) is 2. The molecule has 1 amide bonds. The van der Waals surface area contributed by atoms with Gasteiger partial charge >= 0.3 is 6.09 Å². The Hall–Kier alpha value is -1.30. The number of carbonyl (C=O) groups is 1. The molecule has 0 aromatic carbocycles. The number of ether oxygens (including phenoxy) is 1. The molecule has 0 aromatic heterocycles. The Morgan fingerprint density at radius 3 is 2.28 bits per heavy atom. The predicted octanol–water partition coefficient (Wildman–Crippen LogP) is 0.911. The fourth-order valence-corrected chi connectivity index (χ4v) is 1.96. The van der Waals surface area contributed by atoms with E-state index in [0.29, 0.717) is 12.8 Å². The van der Waals surface area contributed by atoms with Gasteiger partial charge in [0, 0.05) is 13.1 Å². The number of nitrogens with zero attached hydrogens (tertiary/aromatic N) is 1. The standard InChI is InChI=1S/C12H24N4O2/c1-11(2,3)18-10(17)15-12(9(13)14)5-7-16(4)8-6-12/h5-8H2,1-4H3,(H3,13,14)(H,15,17). The Balaban J connectivity index is 2.70. The lowest BCUT2D eigenvalue weighted by Gasteiger charge is -2.40. The van der Waals surface area contributed by atoms with Gasteiger partial charge in [0.05, 0.1) is 0 Å². The van der Waals surface area contributed by atoms with Gasteiger partial charge < -0.3 is 20.7 Å². The fourth-order valence-electron chi connectivity index (χ4n) is 1.96. The minimum atomic E-state index is -0.755. The summed E-state index contributed by atoms with van der Waals surface area (Å²) in [5, 5.41) is 10.5. The highest BCUT2D eigenvalue weighted by atomic mass is 16.6. The van der Waals surface area contributed by atoms with Crippen molar-refractivity contribution in [1.82, 2.24) is 10.2 Å². The number of hydrogen-bond donors (Lipinski definition) is 3. The van der Waals surface area contributed by atoms with E-state index in [4.69, 9.17) is 15.9 Å². The molecule has 0 spiro atoms. The summed E-state index contributed by atoms with van der Waals surface area (Å²) < 4.78 is 5.23. The molecule has 6 nitrogen and oxygen atoms in total. The van der Waals surface area contributed by atoms with Gasteiger partial charge in [0.1, 0.15) is 17.0 Å². The predicted molar refractivity (Wildman–Crippen MR) is 70.7 cm³/mol. The molecule has 6 heteroatoms. The summed E-state index contributed by atoms with van der Waals surface area (Å²) in [7, 11) is 2.01. The first kappa shape index (κ1) is 14.8. The molecule has 1 saturated heterocycles. The third-order valence-electron chi connectivity index (χ3n) is 3.10. The van der Waals surface area contributed by atoms with E-state index < -0.39 is 17.2 Å². The van der Waals surface area contributed by atoms with Crippen molar-refractivity contribution in [1.29, 1.82) is 5.41 Å². The Kier molecular flexibility index (Phi) is 4.21. The Morgan fingerprint density at radius 2 is 1.89 bits per heavy atom. The lowest BCUT2D eigenvalue weighted by Crippen LogP contribution is -2.62. The van der Waals surface area contributed by atoms with Crippen molar-refractivity contribution in [2.75, 3.05) is 20.1 Å². The zero-order valence-corrected chi connectivity index (χ0v) is 11.7. The van der Waals surface area contributed by atoms with Crippen LogP contribution in [0.4, 0.5) is 4.79 Å². The van der Waals surface area contributed by atoms with Crippen LogP contribution < -0.4 is 11.1 Å². The van der Waals surface area contributed by atoms with Crippen LogP contribution in [-0.2, 0) is 4.74 Å². The number of alkyl carbamates (subject to hydrolysis) is 1. The van der Waals surface area contributed by atoms with E-state index in [0.717, 1.165) is 13.1 Å². The summed E-state index contributed by atoms with van der Waals surface area (Å²) in [5.41, 5.74) is 4.35. The van der Waals surface area contributed by atoms with Crippen molar-refractivity contribution >= 4 is 11.9 Å². The van der Waals surface area contributed by atoms with Gasteiger partial charge in [-0.3, -0.25) is 5.41 Å². The van der Waals surface area contributed by atoms with E-state index in [1.807, 2.05) is 27.8 Å². The van der Waals surface area contributed by atoms with E-state index in [1.165, 1.54) is 0 Å². The highest BCUT2D eigenvalue weighted by Gasteiger charge is 2.39. The third kappa shape index (κ3) is 3.87. The minimum absolute atomic E-state index is 0.00135. The van der Waals surface area contributed by atoms with Gasteiger partial charge in [-0.15, -0.1) is 0 Å². The van der Waals surface area contributed by atoms with Crippen LogP contribution in [0.1, 0.15) is 33.6 Å². The van der Waals surface area contributed by atoms with Crippen LogP contribution in [0, 0.1) is 5.41 Å². The van der Waals surface area contributed by atoms with Gasteiger partial charge in [0.2, 0.25) is 0 Å². The summed E-state index contributed by atoms with van der Waals surface area (Å²) in [6.45, 7) is 7.02. The number of carbonyl (C=O) groups excluding carboxylic acids is 1. The van der Waals surface area contributed by atoms with Gasteiger partial charge in [0.25, 0.3) is 0 Å². The Labute approximate surface area is 108 Å². The zero-order valence-electron chi connectivity index (χ0n) is 11.7. The van der Waals surface area contributed by atoms with Gasteiger partial charge in [0.15, 0.2) is 0 Å². The van der Waals surface area contributed by atoms with Gasteiger partial charge in [-0.05, 0) is 40.7 Å². The average molecular weight is 256 g/mol. The summed E-state index contributed by atoms with van der Waals surface area (Å²) in [6.07, 6.45) is 0.762. The molecule has 0 radical (unpaired) electrons. The lowest BCUT2D eigenvalue weighted by molar-refractivity contribution is 0.0451. The van der Waals surface area contributed by atoms with Crippen molar-refractivity contribution < 1.29 is 9.53 Å². The molecule has 0 atom stereocenters. The molecule has 4 N–H and O–H groups in total. The van der Waals surface area contributed by atoms with Crippen molar-refractivity contribution in [2.45, 2.75) is 44.8 Å². The van der Waals surface area contributed by atoms with Gasteiger partial charge in [-0.25, -0.2) is 4.79 Å². The van der Waals surface area contributed by atoms with Crippen LogP contribution in [0.3, 0.4) is 0 Å². The second-order valence-corrected chi connectivity index (χ2v) is 5.93. The number of nitrogens with two attached hydrogens (primary N) is 1. The molecule has 1 heterocycles. The normalized spacial score (nSPS) is 20.2. The number of piperidine rings is 1. The SMILES string of the molecule is CN1CCC(NC(=O)OC(C)(C)C)(C(=N)N)CC1. The highest BCUT2D eigenvalue weighted by Crippen LogP contribution is 2.22. The number of likely N-dealkylation sites (tertiary alicyclic amines) is 1. The molecule has 0 saturated carbocycles. The largest absolute Gasteiger partial charge is 0.444 e. The topological polar surface area (TPSA) is 91.4 Å². The van der Waals surface area contributed by atoms with E-state index in [9.17, 15) is 4.79 Å². The summed E-state index contributed by atoms with van der Waals surface area (Å²) >= 11 is 0. The lowest BCUT2D eigenvalue weighted by atomic mass is 9.86. The maximum atomic E-state index is 11.8. The van der Waals surface area contributed by atoms with Crippen molar-refractivity contribution in [2.24, 2.45) is 5.73 Å². The van der Waals surface area contributed by atoms with Crippen LogP contribution in [-0.4, -0.2) is 48.1 Å². The number of hydrogen-bond acceptors (Lipinski definition) is 4. The maximum Gasteiger partial charge on any atom is 0.408 e. The molecule has 0 bridgehead atoms. The molecular formula is C12H24N4O2. The van der Waals surface area contributed by atoms with Gasteiger partial charge in [-0.1, -0.05) is 0 Å². The van der Waals surface area contributed by atoms with Crippen molar-refractivity contribution in [3.8, 4) is 0 Å². The highest BCUT2D eigenvalue weighted by molar-refractivity contribution is 5.91.